The van der Waals surface area contributed by atoms with Crippen LogP contribution in [0.25, 0.3) is 0 Å². The summed E-state index contributed by atoms with van der Waals surface area (Å²) in [5.41, 5.74) is 0.946. The van der Waals surface area contributed by atoms with E-state index in [9.17, 15) is 0 Å². The Kier molecular flexibility index (Phi) is 5.98. The SMILES string of the molecule is Cc1ncccc1OC(C)CNCCC(C)C. The van der Waals surface area contributed by atoms with E-state index in [4.69, 9.17) is 4.74 Å². The lowest BCUT2D eigenvalue weighted by Crippen LogP contribution is -2.30. The molecule has 3 nitrogen and oxygen atoms in total. The number of ether oxygens (including phenoxy) is 1. The van der Waals surface area contributed by atoms with E-state index < -0.39 is 0 Å². The second kappa shape index (κ2) is 7.28. The van der Waals surface area contributed by atoms with Gasteiger partial charge in [0.2, 0.25) is 0 Å². The summed E-state index contributed by atoms with van der Waals surface area (Å²) in [4.78, 5) is 4.21. The molecule has 0 saturated carbocycles. The Bertz CT molecular complexity index is 326. The van der Waals surface area contributed by atoms with Gasteiger partial charge in [0.1, 0.15) is 11.9 Å². The molecular weight excluding hydrogens is 212 g/mol. The Morgan fingerprint density at radius 2 is 2.12 bits per heavy atom. The van der Waals surface area contributed by atoms with Crippen LogP contribution in [0, 0.1) is 12.8 Å². The third-order valence-corrected chi connectivity index (χ3v) is 2.62. The van der Waals surface area contributed by atoms with Crippen molar-refractivity contribution in [2.75, 3.05) is 13.1 Å². The number of rotatable bonds is 7. The van der Waals surface area contributed by atoms with Crippen LogP contribution in [0.4, 0.5) is 0 Å². The maximum Gasteiger partial charge on any atom is 0.140 e. The van der Waals surface area contributed by atoms with Crippen LogP contribution in [0.5, 0.6) is 5.75 Å². The van der Waals surface area contributed by atoms with Crippen LogP contribution < -0.4 is 10.1 Å². The number of nitrogens with one attached hydrogen (secondary N) is 1. The van der Waals surface area contributed by atoms with E-state index in [1.54, 1.807) is 6.20 Å². The second-order valence-corrected chi connectivity index (χ2v) is 4.90. The molecule has 0 fully saturated rings. The standard InChI is InChI=1S/C14H24N2O/c1-11(2)7-9-15-10-12(3)17-14-6-5-8-16-13(14)4/h5-6,8,11-12,15H,7,9-10H2,1-4H3. The number of hydrogen-bond acceptors (Lipinski definition) is 3. The van der Waals surface area contributed by atoms with E-state index in [0.29, 0.717) is 0 Å². The topological polar surface area (TPSA) is 34.1 Å². The molecule has 1 aromatic heterocycles. The predicted octanol–water partition coefficient (Wildman–Crippen LogP) is 2.79. The fourth-order valence-corrected chi connectivity index (χ4v) is 1.55. The van der Waals surface area contributed by atoms with Crippen LogP contribution in [-0.4, -0.2) is 24.2 Å². The van der Waals surface area contributed by atoms with Crippen molar-refractivity contribution < 1.29 is 4.74 Å². The van der Waals surface area contributed by atoms with Crippen molar-refractivity contribution in [3.8, 4) is 5.75 Å². The highest BCUT2D eigenvalue weighted by Gasteiger charge is 2.06. The third kappa shape index (κ3) is 5.68. The normalized spacial score (nSPS) is 12.8. The van der Waals surface area contributed by atoms with E-state index in [-0.39, 0.29) is 6.10 Å². The smallest absolute Gasteiger partial charge is 0.140 e. The lowest BCUT2D eigenvalue weighted by molar-refractivity contribution is 0.214. The molecule has 1 atom stereocenters. The summed E-state index contributed by atoms with van der Waals surface area (Å²) in [6, 6.07) is 3.87. The van der Waals surface area contributed by atoms with Gasteiger partial charge in [-0.25, -0.2) is 0 Å². The molecule has 0 saturated heterocycles. The van der Waals surface area contributed by atoms with Crippen LogP contribution in [0.15, 0.2) is 18.3 Å². The molecular formula is C14H24N2O. The summed E-state index contributed by atoms with van der Waals surface area (Å²) in [6.45, 7) is 10.4. The number of hydrogen-bond donors (Lipinski definition) is 1. The zero-order valence-corrected chi connectivity index (χ0v) is 11.4. The molecule has 0 spiro atoms. The van der Waals surface area contributed by atoms with Gasteiger partial charge in [0.25, 0.3) is 0 Å². The van der Waals surface area contributed by atoms with E-state index in [0.717, 1.165) is 30.5 Å². The quantitative estimate of drug-likeness (QED) is 0.739. The van der Waals surface area contributed by atoms with Crippen molar-refractivity contribution in [2.45, 2.75) is 40.2 Å². The van der Waals surface area contributed by atoms with Gasteiger partial charge in [-0.2, -0.15) is 0 Å². The van der Waals surface area contributed by atoms with Gasteiger partial charge in [0, 0.05) is 12.7 Å². The van der Waals surface area contributed by atoms with Crippen molar-refractivity contribution in [3.63, 3.8) is 0 Å². The number of aryl methyl sites for hydroxylation is 1. The van der Waals surface area contributed by atoms with E-state index >= 15 is 0 Å². The lowest BCUT2D eigenvalue weighted by atomic mass is 10.1. The Balaban J connectivity index is 2.25. The predicted molar refractivity (Wildman–Crippen MR) is 71.4 cm³/mol. The Morgan fingerprint density at radius 1 is 1.35 bits per heavy atom. The highest BCUT2D eigenvalue weighted by Crippen LogP contribution is 2.15. The summed E-state index contributed by atoms with van der Waals surface area (Å²) in [5, 5.41) is 3.41. The van der Waals surface area contributed by atoms with Crippen LogP contribution in [-0.2, 0) is 0 Å². The van der Waals surface area contributed by atoms with Gasteiger partial charge in [-0.3, -0.25) is 4.98 Å². The molecule has 17 heavy (non-hydrogen) atoms. The summed E-state index contributed by atoms with van der Waals surface area (Å²) in [7, 11) is 0. The molecule has 1 heterocycles. The molecule has 0 aliphatic heterocycles. The average molecular weight is 236 g/mol. The maximum atomic E-state index is 5.83. The van der Waals surface area contributed by atoms with E-state index in [2.05, 4.69) is 31.1 Å². The molecule has 0 aromatic carbocycles. The van der Waals surface area contributed by atoms with Gasteiger partial charge in [-0.15, -0.1) is 0 Å². The first-order valence-corrected chi connectivity index (χ1v) is 6.38. The molecule has 96 valence electrons. The molecule has 0 aliphatic carbocycles. The first-order chi connectivity index (χ1) is 8.09. The number of nitrogens with zero attached hydrogens (tertiary/aromatic N) is 1. The summed E-state index contributed by atoms with van der Waals surface area (Å²) < 4.78 is 5.83. The highest BCUT2D eigenvalue weighted by atomic mass is 16.5. The van der Waals surface area contributed by atoms with Crippen LogP contribution in [0.2, 0.25) is 0 Å². The third-order valence-electron chi connectivity index (χ3n) is 2.62. The molecule has 0 aliphatic rings. The van der Waals surface area contributed by atoms with Gasteiger partial charge in [0.05, 0.1) is 5.69 Å². The van der Waals surface area contributed by atoms with Gasteiger partial charge in [-0.1, -0.05) is 13.8 Å². The fraction of sp³-hybridized carbons (Fsp3) is 0.643. The minimum Gasteiger partial charge on any atom is -0.487 e. The van der Waals surface area contributed by atoms with Crippen LogP contribution in [0.1, 0.15) is 32.9 Å². The van der Waals surface area contributed by atoms with Gasteiger partial charge in [0.15, 0.2) is 0 Å². The van der Waals surface area contributed by atoms with Crippen LogP contribution in [0.3, 0.4) is 0 Å². The van der Waals surface area contributed by atoms with Gasteiger partial charge in [-0.05, 0) is 44.9 Å². The first-order valence-electron chi connectivity index (χ1n) is 6.38. The average Bonchev–Trinajstić information content (AvgIpc) is 2.27. The van der Waals surface area contributed by atoms with Gasteiger partial charge < -0.3 is 10.1 Å². The van der Waals surface area contributed by atoms with E-state index in [1.165, 1.54) is 6.42 Å². The molecule has 1 rings (SSSR count). The minimum absolute atomic E-state index is 0.171. The molecule has 1 N–H and O–H groups in total. The van der Waals surface area contributed by atoms with Gasteiger partial charge >= 0.3 is 0 Å². The second-order valence-electron chi connectivity index (χ2n) is 4.90. The van der Waals surface area contributed by atoms with Crippen molar-refractivity contribution >= 4 is 0 Å². The van der Waals surface area contributed by atoms with E-state index in [1.807, 2.05) is 19.1 Å². The maximum absolute atomic E-state index is 5.83. The number of pyridine rings is 1. The summed E-state index contributed by atoms with van der Waals surface area (Å²) in [6.07, 6.45) is 3.16. The monoisotopic (exact) mass is 236 g/mol. The lowest BCUT2D eigenvalue weighted by Gasteiger charge is -2.16. The molecule has 0 radical (unpaired) electrons. The van der Waals surface area contributed by atoms with Crippen molar-refractivity contribution in [3.05, 3.63) is 24.0 Å². The zero-order valence-electron chi connectivity index (χ0n) is 11.4. The molecule has 0 amide bonds. The fourth-order valence-electron chi connectivity index (χ4n) is 1.55. The molecule has 1 aromatic rings. The van der Waals surface area contributed by atoms with Crippen molar-refractivity contribution in [1.29, 1.82) is 0 Å². The first kappa shape index (κ1) is 14.0. The van der Waals surface area contributed by atoms with Crippen molar-refractivity contribution in [2.24, 2.45) is 5.92 Å². The Labute approximate surface area is 105 Å². The molecule has 3 heteroatoms. The summed E-state index contributed by atoms with van der Waals surface area (Å²) in [5.74, 6) is 1.63. The highest BCUT2D eigenvalue weighted by molar-refractivity contribution is 5.25. The molecule has 1 unspecified atom stereocenters. The number of aromatic nitrogens is 1. The Hall–Kier alpha value is -1.09. The van der Waals surface area contributed by atoms with Crippen molar-refractivity contribution in [1.82, 2.24) is 10.3 Å². The minimum atomic E-state index is 0.171. The summed E-state index contributed by atoms with van der Waals surface area (Å²) >= 11 is 0. The Morgan fingerprint density at radius 3 is 2.76 bits per heavy atom. The largest absolute Gasteiger partial charge is 0.487 e. The van der Waals surface area contributed by atoms with Crippen LogP contribution >= 0.6 is 0 Å². The molecule has 0 bridgehead atoms. The zero-order chi connectivity index (χ0) is 12.7.